The summed E-state index contributed by atoms with van der Waals surface area (Å²) in [6, 6.07) is 9.76. The predicted molar refractivity (Wildman–Crippen MR) is 90.2 cm³/mol. The average molecular weight is 354 g/mol. The third-order valence-corrected chi connectivity index (χ3v) is 4.49. The van der Waals surface area contributed by atoms with Crippen LogP contribution in [0.3, 0.4) is 0 Å². The summed E-state index contributed by atoms with van der Waals surface area (Å²) in [4.78, 5) is 15.8. The van der Waals surface area contributed by atoms with Crippen molar-refractivity contribution in [3.63, 3.8) is 0 Å². The molecule has 1 aromatic carbocycles. The maximum Gasteiger partial charge on any atom is 0.252 e. The molecule has 0 saturated carbocycles. The standard InChI is InChI=1S/C15H16ClN3O3S/c1-23(21,22)19(14-6-4-13(16)5-7-14)10-9-18-15(20)12-3-2-8-17-11-12/h2-8,11H,9-10H2,1H3,(H,18,20). The Balaban J connectivity index is 2.02. The molecule has 0 aliphatic heterocycles. The Bertz CT molecular complexity index is 764. The Morgan fingerprint density at radius 3 is 2.52 bits per heavy atom. The number of sulfonamides is 1. The minimum Gasteiger partial charge on any atom is -0.350 e. The highest BCUT2D eigenvalue weighted by atomic mass is 35.5. The van der Waals surface area contributed by atoms with Gasteiger partial charge in [-0.15, -0.1) is 0 Å². The molecule has 1 amide bonds. The molecule has 0 spiro atoms. The van der Waals surface area contributed by atoms with Gasteiger partial charge in [-0.3, -0.25) is 14.1 Å². The molecular weight excluding hydrogens is 338 g/mol. The van der Waals surface area contributed by atoms with Crippen molar-refractivity contribution in [1.82, 2.24) is 10.3 Å². The molecule has 1 aromatic heterocycles. The van der Waals surface area contributed by atoms with Crippen LogP contribution >= 0.6 is 11.6 Å². The average Bonchev–Trinajstić information content (AvgIpc) is 2.52. The molecule has 23 heavy (non-hydrogen) atoms. The SMILES string of the molecule is CS(=O)(=O)N(CCNC(=O)c1cccnc1)c1ccc(Cl)cc1. The summed E-state index contributed by atoms with van der Waals surface area (Å²) in [5.74, 6) is -0.303. The second-order valence-corrected chi connectivity index (χ2v) is 7.15. The van der Waals surface area contributed by atoms with Gasteiger partial charge in [0.2, 0.25) is 10.0 Å². The van der Waals surface area contributed by atoms with Crippen LogP contribution < -0.4 is 9.62 Å². The normalized spacial score (nSPS) is 11.0. The van der Waals surface area contributed by atoms with Crippen LogP contribution in [0.25, 0.3) is 0 Å². The van der Waals surface area contributed by atoms with Crippen molar-refractivity contribution in [2.75, 3.05) is 23.7 Å². The number of carbonyl (C=O) groups excluding carboxylic acids is 1. The van der Waals surface area contributed by atoms with Crippen LogP contribution in [0.5, 0.6) is 0 Å². The molecule has 0 atom stereocenters. The van der Waals surface area contributed by atoms with Crippen molar-refractivity contribution >= 4 is 33.2 Å². The molecule has 1 N–H and O–H groups in total. The fraction of sp³-hybridized carbons (Fsp3) is 0.200. The number of pyridine rings is 1. The quantitative estimate of drug-likeness (QED) is 0.860. The van der Waals surface area contributed by atoms with E-state index >= 15 is 0 Å². The number of aromatic nitrogens is 1. The molecule has 6 nitrogen and oxygen atoms in total. The smallest absolute Gasteiger partial charge is 0.252 e. The first kappa shape index (κ1) is 17.2. The van der Waals surface area contributed by atoms with E-state index in [1.54, 1.807) is 42.6 Å². The number of halogens is 1. The fourth-order valence-corrected chi connectivity index (χ4v) is 3.02. The molecule has 0 bridgehead atoms. The van der Waals surface area contributed by atoms with E-state index in [1.165, 1.54) is 10.5 Å². The molecule has 1 heterocycles. The van der Waals surface area contributed by atoms with E-state index in [1.807, 2.05) is 0 Å². The molecule has 0 radical (unpaired) electrons. The molecule has 2 rings (SSSR count). The van der Waals surface area contributed by atoms with Gasteiger partial charge >= 0.3 is 0 Å². The minimum absolute atomic E-state index is 0.118. The van der Waals surface area contributed by atoms with Crippen LogP contribution in [0.2, 0.25) is 5.02 Å². The Morgan fingerprint density at radius 2 is 1.96 bits per heavy atom. The first-order valence-corrected chi connectivity index (χ1v) is 9.02. The van der Waals surface area contributed by atoms with E-state index < -0.39 is 10.0 Å². The van der Waals surface area contributed by atoms with Gasteiger partial charge in [0.1, 0.15) is 0 Å². The summed E-state index contributed by atoms with van der Waals surface area (Å²) < 4.78 is 25.1. The summed E-state index contributed by atoms with van der Waals surface area (Å²) in [5.41, 5.74) is 0.914. The minimum atomic E-state index is -3.47. The highest BCUT2D eigenvalue weighted by Crippen LogP contribution is 2.19. The van der Waals surface area contributed by atoms with Gasteiger partial charge in [0.25, 0.3) is 5.91 Å². The third-order valence-electron chi connectivity index (χ3n) is 3.04. The molecule has 0 saturated heterocycles. The van der Waals surface area contributed by atoms with Gasteiger partial charge < -0.3 is 5.32 Å². The molecular formula is C15H16ClN3O3S. The monoisotopic (exact) mass is 353 g/mol. The second kappa shape index (κ2) is 7.43. The Labute approximate surface area is 140 Å². The van der Waals surface area contributed by atoms with Crippen LogP contribution in [0.15, 0.2) is 48.8 Å². The number of anilines is 1. The Kier molecular flexibility index (Phi) is 5.57. The van der Waals surface area contributed by atoms with E-state index in [2.05, 4.69) is 10.3 Å². The summed E-state index contributed by atoms with van der Waals surface area (Å²) in [6.45, 7) is 0.288. The lowest BCUT2D eigenvalue weighted by molar-refractivity contribution is 0.0954. The van der Waals surface area contributed by atoms with E-state index in [-0.39, 0.29) is 19.0 Å². The summed E-state index contributed by atoms with van der Waals surface area (Å²) >= 11 is 5.81. The van der Waals surface area contributed by atoms with Crippen molar-refractivity contribution in [2.45, 2.75) is 0 Å². The fourth-order valence-electron chi connectivity index (χ4n) is 1.96. The van der Waals surface area contributed by atoms with Crippen molar-refractivity contribution in [2.24, 2.45) is 0 Å². The van der Waals surface area contributed by atoms with Crippen molar-refractivity contribution in [1.29, 1.82) is 0 Å². The number of benzene rings is 1. The van der Waals surface area contributed by atoms with Gasteiger partial charge in [0.05, 0.1) is 24.1 Å². The first-order valence-electron chi connectivity index (χ1n) is 6.79. The van der Waals surface area contributed by atoms with Crippen LogP contribution in [-0.4, -0.2) is 38.7 Å². The lowest BCUT2D eigenvalue weighted by Crippen LogP contribution is -2.38. The van der Waals surface area contributed by atoms with Gasteiger partial charge in [-0.2, -0.15) is 0 Å². The van der Waals surface area contributed by atoms with E-state index in [0.717, 1.165) is 6.26 Å². The number of hydrogen-bond acceptors (Lipinski definition) is 4. The van der Waals surface area contributed by atoms with Crippen LogP contribution in [0.1, 0.15) is 10.4 Å². The molecule has 0 aliphatic rings. The zero-order chi connectivity index (χ0) is 16.9. The molecule has 8 heteroatoms. The van der Waals surface area contributed by atoms with Gasteiger partial charge in [-0.25, -0.2) is 8.42 Å². The van der Waals surface area contributed by atoms with E-state index in [9.17, 15) is 13.2 Å². The molecule has 122 valence electrons. The molecule has 0 fully saturated rings. The lowest BCUT2D eigenvalue weighted by atomic mass is 10.3. The van der Waals surface area contributed by atoms with Gasteiger partial charge in [0.15, 0.2) is 0 Å². The zero-order valence-electron chi connectivity index (χ0n) is 12.4. The Morgan fingerprint density at radius 1 is 1.26 bits per heavy atom. The molecule has 0 unspecified atom stereocenters. The van der Waals surface area contributed by atoms with Gasteiger partial charge in [0, 0.05) is 24.0 Å². The van der Waals surface area contributed by atoms with Gasteiger partial charge in [-0.05, 0) is 36.4 Å². The maximum atomic E-state index is 11.9. The molecule has 2 aromatic rings. The topological polar surface area (TPSA) is 79.4 Å². The highest BCUT2D eigenvalue weighted by Gasteiger charge is 2.17. The second-order valence-electron chi connectivity index (χ2n) is 4.81. The third kappa shape index (κ3) is 4.94. The molecule has 0 aliphatic carbocycles. The largest absolute Gasteiger partial charge is 0.350 e. The van der Waals surface area contributed by atoms with Crippen LogP contribution in [0, 0.1) is 0 Å². The number of amides is 1. The van der Waals surface area contributed by atoms with Crippen LogP contribution in [0.4, 0.5) is 5.69 Å². The summed E-state index contributed by atoms with van der Waals surface area (Å²) in [6.07, 6.45) is 4.14. The number of nitrogens with one attached hydrogen (secondary N) is 1. The zero-order valence-corrected chi connectivity index (χ0v) is 14.0. The van der Waals surface area contributed by atoms with Crippen molar-refractivity contribution in [3.05, 3.63) is 59.4 Å². The number of carbonyl (C=O) groups is 1. The van der Waals surface area contributed by atoms with Gasteiger partial charge in [-0.1, -0.05) is 11.6 Å². The van der Waals surface area contributed by atoms with E-state index in [4.69, 9.17) is 11.6 Å². The Hall–Kier alpha value is -2.12. The number of hydrogen-bond donors (Lipinski definition) is 1. The highest BCUT2D eigenvalue weighted by molar-refractivity contribution is 7.92. The summed E-state index contributed by atoms with van der Waals surface area (Å²) in [7, 11) is -3.47. The first-order chi connectivity index (χ1) is 10.9. The predicted octanol–water partition coefficient (Wildman–Crippen LogP) is 1.93. The number of rotatable bonds is 6. The van der Waals surface area contributed by atoms with E-state index in [0.29, 0.717) is 16.3 Å². The van der Waals surface area contributed by atoms with Crippen LogP contribution in [-0.2, 0) is 10.0 Å². The lowest BCUT2D eigenvalue weighted by Gasteiger charge is -2.22. The maximum absolute atomic E-state index is 11.9. The number of nitrogens with zero attached hydrogens (tertiary/aromatic N) is 2. The van der Waals surface area contributed by atoms with Crippen molar-refractivity contribution in [3.8, 4) is 0 Å². The van der Waals surface area contributed by atoms with Crippen molar-refractivity contribution < 1.29 is 13.2 Å². The summed E-state index contributed by atoms with van der Waals surface area (Å²) in [5, 5.41) is 3.19.